The third-order valence-electron chi connectivity index (χ3n) is 4.71. The van der Waals surface area contributed by atoms with E-state index in [4.69, 9.17) is 14.2 Å². The maximum Gasteiger partial charge on any atom is 0.335 e. The number of aliphatic hydroxyl groups excluding tert-OH is 4. The second-order valence-electron chi connectivity index (χ2n) is 7.02. The fraction of sp³-hybridized carbons (Fsp3) is 0.812. The molecule has 13 heteroatoms. The van der Waals surface area contributed by atoms with Gasteiger partial charge in [-0.3, -0.25) is 9.59 Å². The SMILES string of the molecule is CC(=O)N[C@@H]1C(O[C@H]2[C@@H](O)[C@@H](C)OC(O)[C@@H]2NC(C)=O)O[C@H](C(=O)O)[C@@H](O)[C@@H]1O. The number of ether oxygens (including phenoxy) is 3. The number of aliphatic hydroxyl groups is 4. The number of aliphatic carboxylic acids is 1. The van der Waals surface area contributed by atoms with Crippen LogP contribution in [0.15, 0.2) is 0 Å². The van der Waals surface area contributed by atoms with Gasteiger partial charge in [0.15, 0.2) is 18.7 Å². The Morgan fingerprint density at radius 1 is 0.862 bits per heavy atom. The van der Waals surface area contributed by atoms with Crippen molar-refractivity contribution in [3.05, 3.63) is 0 Å². The first-order valence-electron chi connectivity index (χ1n) is 8.89. The van der Waals surface area contributed by atoms with E-state index in [0.717, 1.165) is 13.8 Å². The number of carbonyl (C=O) groups excluding carboxylic acids is 2. The van der Waals surface area contributed by atoms with E-state index < -0.39 is 79.1 Å². The van der Waals surface area contributed by atoms with Crippen LogP contribution in [0.3, 0.4) is 0 Å². The Hall–Kier alpha value is -1.87. The van der Waals surface area contributed by atoms with Crippen molar-refractivity contribution in [3.8, 4) is 0 Å². The summed E-state index contributed by atoms with van der Waals surface area (Å²) in [6.45, 7) is 3.71. The van der Waals surface area contributed by atoms with Crippen molar-refractivity contribution in [1.82, 2.24) is 10.6 Å². The van der Waals surface area contributed by atoms with Crippen LogP contribution in [-0.4, -0.2) is 105 Å². The molecule has 29 heavy (non-hydrogen) atoms. The quantitative estimate of drug-likeness (QED) is 0.227. The first kappa shape index (κ1) is 23.4. The highest BCUT2D eigenvalue weighted by Gasteiger charge is 2.52. The Morgan fingerprint density at radius 3 is 1.93 bits per heavy atom. The summed E-state index contributed by atoms with van der Waals surface area (Å²) in [6, 6.07) is -2.67. The van der Waals surface area contributed by atoms with E-state index in [9.17, 15) is 39.9 Å². The summed E-state index contributed by atoms with van der Waals surface area (Å²) in [7, 11) is 0. The lowest BCUT2D eigenvalue weighted by Gasteiger charge is -2.46. The molecule has 2 heterocycles. The monoisotopic (exact) mass is 422 g/mol. The van der Waals surface area contributed by atoms with Gasteiger partial charge in [-0.15, -0.1) is 0 Å². The normalized spacial score (nSPS) is 42.7. The molecule has 0 aromatic heterocycles. The molecule has 0 aromatic carbocycles. The van der Waals surface area contributed by atoms with Gasteiger partial charge in [0.05, 0.1) is 6.10 Å². The molecule has 13 nitrogen and oxygen atoms in total. The molecule has 2 fully saturated rings. The van der Waals surface area contributed by atoms with Gasteiger partial charge in [0.1, 0.15) is 36.5 Å². The summed E-state index contributed by atoms with van der Waals surface area (Å²) in [5, 5.41) is 54.7. The molecule has 2 saturated heterocycles. The highest BCUT2D eigenvalue weighted by molar-refractivity contribution is 5.75. The second-order valence-corrected chi connectivity index (χ2v) is 7.02. The van der Waals surface area contributed by atoms with Crippen LogP contribution in [0.1, 0.15) is 20.8 Å². The number of hydrogen-bond donors (Lipinski definition) is 7. The maximum absolute atomic E-state index is 11.5. The standard InChI is InChI=1S/C16H26N2O11/c1-4-9(21)12(8(15(26)27-4)18-6(3)20)28-16-7(17-5(2)19)10(22)11(23)13(29-16)14(24)25/h4,7-13,15-16,21-23,26H,1-3H3,(H,17,19)(H,18,20)(H,24,25)/t4-,7+,8-,9+,10-,11+,12-,13+,15?,16?/m1/s1. The third-order valence-corrected chi connectivity index (χ3v) is 4.71. The van der Waals surface area contributed by atoms with Gasteiger partial charge < -0.3 is 50.4 Å². The third kappa shape index (κ3) is 5.19. The van der Waals surface area contributed by atoms with Gasteiger partial charge in [-0.1, -0.05) is 0 Å². The summed E-state index contributed by atoms with van der Waals surface area (Å²) < 4.78 is 16.0. The lowest BCUT2D eigenvalue weighted by atomic mass is 9.94. The molecular weight excluding hydrogens is 396 g/mol. The molecule has 0 saturated carbocycles. The minimum atomic E-state index is -1.89. The molecule has 0 aliphatic carbocycles. The topological polar surface area (TPSA) is 204 Å². The summed E-state index contributed by atoms with van der Waals surface area (Å²) in [5.74, 6) is -2.80. The van der Waals surface area contributed by atoms with E-state index in [2.05, 4.69) is 10.6 Å². The Kier molecular flexibility index (Phi) is 7.50. The lowest BCUT2D eigenvalue weighted by molar-refractivity contribution is -0.315. The maximum atomic E-state index is 11.5. The minimum Gasteiger partial charge on any atom is -0.479 e. The summed E-state index contributed by atoms with van der Waals surface area (Å²) >= 11 is 0. The molecule has 2 aliphatic rings. The Bertz CT molecular complexity index is 632. The molecule has 0 radical (unpaired) electrons. The van der Waals surface area contributed by atoms with Crippen molar-refractivity contribution in [2.45, 2.75) is 82.1 Å². The fourth-order valence-corrected chi connectivity index (χ4v) is 3.31. The Morgan fingerprint density at radius 2 is 1.41 bits per heavy atom. The zero-order chi connectivity index (χ0) is 22.0. The molecule has 2 unspecified atom stereocenters. The van der Waals surface area contributed by atoms with Crippen LogP contribution in [0.4, 0.5) is 0 Å². The zero-order valence-electron chi connectivity index (χ0n) is 16.0. The predicted molar refractivity (Wildman–Crippen MR) is 91.0 cm³/mol. The van der Waals surface area contributed by atoms with Gasteiger partial charge in [-0.05, 0) is 6.92 Å². The molecule has 166 valence electrons. The van der Waals surface area contributed by atoms with E-state index in [1.807, 2.05) is 0 Å². The molecule has 0 bridgehead atoms. The smallest absolute Gasteiger partial charge is 0.335 e. The summed E-state index contributed by atoms with van der Waals surface area (Å²) in [4.78, 5) is 34.3. The second kappa shape index (κ2) is 9.30. The van der Waals surface area contributed by atoms with Gasteiger partial charge >= 0.3 is 5.97 Å². The number of carboxylic acid groups (broad SMARTS) is 1. The van der Waals surface area contributed by atoms with Crippen molar-refractivity contribution >= 4 is 17.8 Å². The highest BCUT2D eigenvalue weighted by Crippen LogP contribution is 2.28. The van der Waals surface area contributed by atoms with Gasteiger partial charge in [-0.2, -0.15) is 0 Å². The van der Waals surface area contributed by atoms with Crippen LogP contribution < -0.4 is 10.6 Å². The molecule has 2 aliphatic heterocycles. The van der Waals surface area contributed by atoms with Crippen molar-refractivity contribution in [2.24, 2.45) is 0 Å². The number of carbonyl (C=O) groups is 3. The zero-order valence-corrected chi connectivity index (χ0v) is 16.0. The largest absolute Gasteiger partial charge is 0.479 e. The van der Waals surface area contributed by atoms with Crippen molar-refractivity contribution in [1.29, 1.82) is 0 Å². The van der Waals surface area contributed by atoms with Crippen LogP contribution >= 0.6 is 0 Å². The molecule has 2 amide bonds. The average Bonchev–Trinajstić information content (AvgIpc) is 2.60. The van der Waals surface area contributed by atoms with Gasteiger partial charge in [-0.25, -0.2) is 4.79 Å². The molecule has 10 atom stereocenters. The summed E-state index contributed by atoms with van der Waals surface area (Å²) in [6.07, 6.45) is -12.5. The predicted octanol–water partition coefficient (Wildman–Crippen LogP) is -3.99. The number of hydrogen-bond acceptors (Lipinski definition) is 10. The van der Waals surface area contributed by atoms with E-state index >= 15 is 0 Å². The van der Waals surface area contributed by atoms with Crippen LogP contribution in [-0.2, 0) is 28.6 Å². The van der Waals surface area contributed by atoms with Crippen LogP contribution in [0.25, 0.3) is 0 Å². The molecule has 7 N–H and O–H groups in total. The summed E-state index contributed by atoms with van der Waals surface area (Å²) in [5.41, 5.74) is 0. The molecule has 0 spiro atoms. The van der Waals surface area contributed by atoms with Gasteiger partial charge in [0.2, 0.25) is 11.8 Å². The number of rotatable bonds is 5. The Labute approximate surface area is 165 Å². The highest BCUT2D eigenvalue weighted by atomic mass is 16.7. The molecular formula is C16H26N2O11. The van der Waals surface area contributed by atoms with Gasteiger partial charge in [0.25, 0.3) is 0 Å². The van der Waals surface area contributed by atoms with E-state index in [1.165, 1.54) is 6.92 Å². The molecule has 0 aromatic rings. The lowest BCUT2D eigenvalue weighted by Crippen LogP contribution is -2.69. The molecule has 2 rings (SSSR count). The van der Waals surface area contributed by atoms with Crippen LogP contribution in [0.5, 0.6) is 0 Å². The number of nitrogens with one attached hydrogen (secondary N) is 2. The van der Waals surface area contributed by atoms with Crippen LogP contribution in [0, 0.1) is 0 Å². The van der Waals surface area contributed by atoms with Crippen molar-refractivity contribution in [3.63, 3.8) is 0 Å². The van der Waals surface area contributed by atoms with E-state index in [1.54, 1.807) is 0 Å². The van der Waals surface area contributed by atoms with E-state index in [0.29, 0.717) is 0 Å². The average molecular weight is 422 g/mol. The number of amides is 2. The van der Waals surface area contributed by atoms with E-state index in [-0.39, 0.29) is 0 Å². The first-order chi connectivity index (χ1) is 13.4. The fourth-order valence-electron chi connectivity index (χ4n) is 3.31. The van der Waals surface area contributed by atoms with Crippen LogP contribution in [0.2, 0.25) is 0 Å². The van der Waals surface area contributed by atoms with Crippen molar-refractivity contribution in [2.75, 3.05) is 0 Å². The Balaban J connectivity index is 2.33. The van der Waals surface area contributed by atoms with Gasteiger partial charge in [0, 0.05) is 13.8 Å². The number of carboxylic acids is 1. The first-order valence-corrected chi connectivity index (χ1v) is 8.89. The van der Waals surface area contributed by atoms with Crippen molar-refractivity contribution < 1.29 is 54.1 Å². The minimum absolute atomic E-state index is 0.574.